The minimum Gasteiger partial charge on any atom is -0.489 e. The Bertz CT molecular complexity index is 1270. The molecule has 1 atom stereocenters. The van der Waals surface area contributed by atoms with E-state index in [1.807, 2.05) is 6.92 Å². The Morgan fingerprint density at radius 3 is 2.63 bits per heavy atom. The van der Waals surface area contributed by atoms with Crippen molar-refractivity contribution in [2.45, 2.75) is 39.0 Å². The highest BCUT2D eigenvalue weighted by atomic mass is 19.3. The zero-order valence-corrected chi connectivity index (χ0v) is 20.6. The molecular formula is C26H28F4N4O4. The van der Waals surface area contributed by atoms with E-state index in [1.54, 1.807) is 0 Å². The summed E-state index contributed by atoms with van der Waals surface area (Å²) in [6, 6.07) is 6.45. The number of likely N-dealkylation sites (N-methyl/N-ethyl adjacent to an activating group) is 1. The quantitative estimate of drug-likeness (QED) is 0.275. The summed E-state index contributed by atoms with van der Waals surface area (Å²) in [4.78, 5) is 17.5. The van der Waals surface area contributed by atoms with Crippen LogP contribution in [0.2, 0.25) is 0 Å². The third kappa shape index (κ3) is 6.81. The van der Waals surface area contributed by atoms with Gasteiger partial charge in [-0.05, 0) is 49.6 Å². The fourth-order valence-electron chi connectivity index (χ4n) is 3.77. The Labute approximate surface area is 216 Å². The molecule has 0 saturated heterocycles. The van der Waals surface area contributed by atoms with E-state index in [1.165, 1.54) is 24.3 Å². The van der Waals surface area contributed by atoms with Crippen molar-refractivity contribution in [2.24, 2.45) is 11.7 Å². The first-order valence-electron chi connectivity index (χ1n) is 12.2. The van der Waals surface area contributed by atoms with Crippen LogP contribution in [0.3, 0.4) is 0 Å². The van der Waals surface area contributed by atoms with Gasteiger partial charge in [0.25, 0.3) is 5.91 Å². The van der Waals surface area contributed by atoms with Gasteiger partial charge in [0.15, 0.2) is 23.0 Å². The van der Waals surface area contributed by atoms with Gasteiger partial charge in [-0.25, -0.2) is 13.8 Å². The van der Waals surface area contributed by atoms with Gasteiger partial charge in [-0.2, -0.15) is 8.78 Å². The highest BCUT2D eigenvalue weighted by molar-refractivity contribution is 5.94. The van der Waals surface area contributed by atoms with Gasteiger partial charge in [-0.15, -0.1) is 0 Å². The van der Waals surface area contributed by atoms with Crippen LogP contribution >= 0.6 is 0 Å². The predicted octanol–water partition coefficient (Wildman–Crippen LogP) is 4.55. The number of alkyl halides is 2. The largest absolute Gasteiger partial charge is 0.489 e. The lowest BCUT2D eigenvalue weighted by molar-refractivity contribution is -0.0515. The van der Waals surface area contributed by atoms with Crippen LogP contribution in [0.15, 0.2) is 40.8 Å². The van der Waals surface area contributed by atoms with E-state index in [4.69, 9.17) is 14.9 Å². The van der Waals surface area contributed by atoms with Gasteiger partial charge < -0.3 is 30.3 Å². The molecule has 4 rings (SSSR count). The normalized spacial score (nSPS) is 14.0. The molecule has 1 amide bonds. The molecule has 0 bridgehead atoms. The summed E-state index contributed by atoms with van der Waals surface area (Å²) >= 11 is 0. The van der Waals surface area contributed by atoms with Crippen molar-refractivity contribution in [1.82, 2.24) is 15.6 Å². The third-order valence-electron chi connectivity index (χ3n) is 5.92. The summed E-state index contributed by atoms with van der Waals surface area (Å²) in [7, 11) is 0. The number of hydrogen-bond acceptors (Lipinski definition) is 7. The number of ether oxygens (including phenoxy) is 2. The second kappa shape index (κ2) is 12.3. The predicted molar refractivity (Wildman–Crippen MR) is 130 cm³/mol. The molecule has 12 heteroatoms. The maximum absolute atomic E-state index is 14.5. The number of oxazole rings is 1. The van der Waals surface area contributed by atoms with Crippen LogP contribution in [0.1, 0.15) is 47.6 Å². The van der Waals surface area contributed by atoms with E-state index in [0.717, 1.165) is 25.0 Å². The van der Waals surface area contributed by atoms with Crippen LogP contribution in [0, 0.1) is 17.6 Å². The SMILES string of the molecule is CCNCC(NC(=O)c1nc(-c2ccc(OC(F)F)c(OCC3CC3)c2)oc1CN)c1ccc(F)cc1F. The number of nitrogens with zero attached hydrogens (tertiary/aromatic N) is 1. The van der Waals surface area contributed by atoms with Gasteiger partial charge in [0.05, 0.1) is 19.2 Å². The highest BCUT2D eigenvalue weighted by Crippen LogP contribution is 2.36. The van der Waals surface area contributed by atoms with Crippen molar-refractivity contribution >= 4 is 5.91 Å². The molecule has 38 heavy (non-hydrogen) atoms. The number of halogens is 4. The van der Waals surface area contributed by atoms with Crippen molar-refractivity contribution in [3.05, 3.63) is 65.1 Å². The second-order valence-corrected chi connectivity index (χ2v) is 8.79. The molecule has 1 fully saturated rings. The number of amides is 1. The Kier molecular flexibility index (Phi) is 8.85. The van der Waals surface area contributed by atoms with Gasteiger partial charge in [-0.3, -0.25) is 4.79 Å². The van der Waals surface area contributed by atoms with Gasteiger partial charge in [0.1, 0.15) is 11.6 Å². The Morgan fingerprint density at radius 1 is 1.18 bits per heavy atom. The summed E-state index contributed by atoms with van der Waals surface area (Å²) in [6.07, 6.45) is 2.00. The molecule has 2 aromatic carbocycles. The van der Waals surface area contributed by atoms with Gasteiger partial charge >= 0.3 is 6.61 Å². The maximum atomic E-state index is 14.5. The lowest BCUT2D eigenvalue weighted by Crippen LogP contribution is -2.36. The smallest absolute Gasteiger partial charge is 0.387 e. The molecule has 0 spiro atoms. The number of carbonyl (C=O) groups excluding carboxylic acids is 1. The zero-order chi connectivity index (χ0) is 27.2. The number of nitrogens with two attached hydrogens (primary N) is 1. The minimum absolute atomic E-state index is 0.00617. The van der Waals surface area contributed by atoms with Crippen LogP contribution < -0.4 is 25.8 Å². The van der Waals surface area contributed by atoms with Crippen LogP contribution in [-0.4, -0.2) is 37.2 Å². The molecule has 1 saturated carbocycles. The lowest BCUT2D eigenvalue weighted by Gasteiger charge is -2.20. The topological polar surface area (TPSA) is 112 Å². The molecule has 1 aromatic heterocycles. The summed E-state index contributed by atoms with van der Waals surface area (Å²) < 4.78 is 69.6. The average molecular weight is 537 g/mol. The van der Waals surface area contributed by atoms with Crippen molar-refractivity contribution in [3.63, 3.8) is 0 Å². The molecule has 0 radical (unpaired) electrons. The second-order valence-electron chi connectivity index (χ2n) is 8.79. The lowest BCUT2D eigenvalue weighted by atomic mass is 10.1. The van der Waals surface area contributed by atoms with Gasteiger partial charge in [0, 0.05) is 23.7 Å². The number of carbonyl (C=O) groups is 1. The molecular weight excluding hydrogens is 508 g/mol. The Morgan fingerprint density at radius 2 is 1.97 bits per heavy atom. The van der Waals surface area contributed by atoms with Gasteiger partial charge in [-0.1, -0.05) is 13.0 Å². The van der Waals surface area contributed by atoms with E-state index in [2.05, 4.69) is 20.4 Å². The molecule has 204 valence electrons. The first kappa shape index (κ1) is 27.4. The Balaban J connectivity index is 1.60. The third-order valence-corrected chi connectivity index (χ3v) is 5.92. The molecule has 8 nitrogen and oxygen atoms in total. The zero-order valence-electron chi connectivity index (χ0n) is 20.6. The van der Waals surface area contributed by atoms with Crippen LogP contribution in [0.25, 0.3) is 11.5 Å². The fourth-order valence-corrected chi connectivity index (χ4v) is 3.77. The van der Waals surface area contributed by atoms with E-state index >= 15 is 0 Å². The monoisotopic (exact) mass is 536 g/mol. The first-order chi connectivity index (χ1) is 18.3. The number of rotatable bonds is 13. The van der Waals surface area contributed by atoms with E-state index < -0.39 is 30.2 Å². The molecule has 0 aliphatic heterocycles. The average Bonchev–Trinajstić information content (AvgIpc) is 3.61. The van der Waals surface area contributed by atoms with Crippen molar-refractivity contribution in [3.8, 4) is 23.0 Å². The van der Waals surface area contributed by atoms with E-state index in [-0.39, 0.29) is 47.5 Å². The summed E-state index contributed by atoms with van der Waals surface area (Å²) in [5.41, 5.74) is 6.09. The van der Waals surface area contributed by atoms with Crippen LogP contribution in [0.5, 0.6) is 11.5 Å². The van der Waals surface area contributed by atoms with Crippen molar-refractivity contribution in [2.75, 3.05) is 19.7 Å². The van der Waals surface area contributed by atoms with Crippen LogP contribution in [0.4, 0.5) is 17.6 Å². The molecule has 4 N–H and O–H groups in total. The molecule has 1 aliphatic carbocycles. The standard InChI is InChI=1S/C26H28F4N4O4/c1-2-32-12-19(17-7-6-16(27)10-18(17)28)33-24(35)23-22(11-31)37-25(34-23)15-5-8-20(38-26(29)30)21(9-15)36-13-14-3-4-14/h5-10,14,19,26,32H,2-4,11-13,31H2,1H3,(H,33,35). The molecule has 1 aliphatic rings. The number of hydrogen-bond donors (Lipinski definition) is 3. The number of nitrogens with one attached hydrogen (secondary N) is 2. The molecule has 1 heterocycles. The maximum Gasteiger partial charge on any atom is 0.387 e. The van der Waals surface area contributed by atoms with Crippen LogP contribution in [-0.2, 0) is 6.54 Å². The summed E-state index contributed by atoms with van der Waals surface area (Å²) in [5.74, 6) is -1.85. The van der Waals surface area contributed by atoms with Crippen molar-refractivity contribution in [1.29, 1.82) is 0 Å². The fraction of sp³-hybridized carbons (Fsp3) is 0.385. The number of benzene rings is 2. The number of aromatic nitrogens is 1. The van der Waals surface area contributed by atoms with Crippen molar-refractivity contribution < 1.29 is 36.2 Å². The highest BCUT2D eigenvalue weighted by Gasteiger charge is 2.26. The van der Waals surface area contributed by atoms with Gasteiger partial charge in [0.2, 0.25) is 5.89 Å². The summed E-state index contributed by atoms with van der Waals surface area (Å²) in [6.45, 7) is -0.295. The summed E-state index contributed by atoms with van der Waals surface area (Å²) in [5, 5.41) is 5.73. The minimum atomic E-state index is -3.04. The van der Waals surface area contributed by atoms with E-state index in [9.17, 15) is 22.4 Å². The first-order valence-corrected chi connectivity index (χ1v) is 12.2. The molecule has 1 unspecified atom stereocenters. The molecule has 3 aromatic rings. The van der Waals surface area contributed by atoms with E-state index in [0.29, 0.717) is 24.6 Å². The Hall–Kier alpha value is -3.64.